The van der Waals surface area contributed by atoms with E-state index >= 15 is 0 Å². The molecule has 100 valence electrons. The average Bonchev–Trinajstić information content (AvgIpc) is 2.40. The van der Waals surface area contributed by atoms with Gasteiger partial charge in [-0.3, -0.25) is 0 Å². The Bertz CT molecular complexity index is 597. The lowest BCUT2D eigenvalue weighted by Crippen LogP contribution is -2.22. The van der Waals surface area contributed by atoms with Gasteiger partial charge < -0.3 is 10.8 Å². The van der Waals surface area contributed by atoms with Crippen LogP contribution >= 0.6 is 11.6 Å². The normalized spacial score (nSPS) is 14.2. The van der Waals surface area contributed by atoms with Gasteiger partial charge >= 0.3 is 0 Å². The molecular weight excluding hydrogens is 276 g/mol. The summed E-state index contributed by atoms with van der Waals surface area (Å²) in [7, 11) is 0. The van der Waals surface area contributed by atoms with Crippen LogP contribution in [0.2, 0.25) is 5.28 Å². The van der Waals surface area contributed by atoms with Gasteiger partial charge in [-0.1, -0.05) is 0 Å². The van der Waals surface area contributed by atoms with Crippen molar-refractivity contribution in [3.8, 4) is 0 Å². The molecule has 0 amide bonds. The predicted octanol–water partition coefficient (Wildman–Crippen LogP) is 2.14. The van der Waals surface area contributed by atoms with Gasteiger partial charge in [0.1, 0.15) is 17.7 Å². The second kappa shape index (κ2) is 5.56. The Kier molecular flexibility index (Phi) is 4.04. The van der Waals surface area contributed by atoms with Crippen LogP contribution < -0.4 is 5.73 Å². The van der Waals surface area contributed by atoms with Crippen molar-refractivity contribution < 1.29 is 13.9 Å². The molecule has 0 fully saturated rings. The van der Waals surface area contributed by atoms with Gasteiger partial charge in [0.15, 0.2) is 0 Å². The van der Waals surface area contributed by atoms with Crippen molar-refractivity contribution in [1.29, 1.82) is 0 Å². The molecule has 2 atom stereocenters. The molecule has 4 nitrogen and oxygen atoms in total. The number of aliphatic hydroxyl groups excluding tert-OH is 1. The van der Waals surface area contributed by atoms with E-state index in [4.69, 9.17) is 17.3 Å². The molecule has 0 saturated carbocycles. The maximum atomic E-state index is 13.5. The average molecular weight is 286 g/mol. The Morgan fingerprint density at radius 1 is 1.26 bits per heavy atom. The fourth-order valence-corrected chi connectivity index (χ4v) is 1.78. The standard InChI is InChI=1S/C12H10ClF2N3O/c13-12-17-4-3-9(18-12)10(16)11(19)7-5-6(14)1-2-8(7)15/h1-5,10-11,19H,16H2. The number of rotatable bonds is 3. The Labute approximate surface area is 112 Å². The van der Waals surface area contributed by atoms with Crippen LogP contribution in [0.15, 0.2) is 30.5 Å². The number of nitrogens with zero attached hydrogens (tertiary/aromatic N) is 2. The molecule has 2 rings (SSSR count). The van der Waals surface area contributed by atoms with Crippen LogP contribution in [0.5, 0.6) is 0 Å². The van der Waals surface area contributed by atoms with E-state index in [1.54, 1.807) is 0 Å². The lowest BCUT2D eigenvalue weighted by molar-refractivity contribution is 0.140. The third-order valence-electron chi connectivity index (χ3n) is 2.61. The molecule has 19 heavy (non-hydrogen) atoms. The van der Waals surface area contributed by atoms with Crippen molar-refractivity contribution >= 4 is 11.6 Å². The lowest BCUT2D eigenvalue weighted by Gasteiger charge is -2.19. The van der Waals surface area contributed by atoms with E-state index in [0.717, 1.165) is 18.2 Å². The van der Waals surface area contributed by atoms with E-state index in [2.05, 4.69) is 9.97 Å². The summed E-state index contributed by atoms with van der Waals surface area (Å²) in [5.74, 6) is -1.41. The van der Waals surface area contributed by atoms with Gasteiger partial charge in [-0.15, -0.1) is 0 Å². The quantitative estimate of drug-likeness (QED) is 0.848. The highest BCUT2D eigenvalue weighted by molar-refractivity contribution is 6.28. The van der Waals surface area contributed by atoms with Crippen LogP contribution in [0.3, 0.4) is 0 Å². The molecule has 3 N–H and O–H groups in total. The van der Waals surface area contributed by atoms with Crippen molar-refractivity contribution in [1.82, 2.24) is 9.97 Å². The Hall–Kier alpha value is -1.63. The lowest BCUT2D eigenvalue weighted by atomic mass is 10.00. The summed E-state index contributed by atoms with van der Waals surface area (Å²) in [4.78, 5) is 7.49. The minimum atomic E-state index is -1.44. The Morgan fingerprint density at radius 2 is 2.00 bits per heavy atom. The summed E-state index contributed by atoms with van der Waals surface area (Å²) < 4.78 is 26.6. The summed E-state index contributed by atoms with van der Waals surface area (Å²) >= 11 is 5.60. The smallest absolute Gasteiger partial charge is 0.222 e. The molecule has 0 aliphatic carbocycles. The zero-order valence-corrected chi connectivity index (χ0v) is 10.4. The topological polar surface area (TPSA) is 72.0 Å². The van der Waals surface area contributed by atoms with E-state index in [1.165, 1.54) is 12.3 Å². The molecule has 2 aromatic rings. The summed E-state index contributed by atoms with van der Waals surface area (Å²) in [5, 5.41) is 9.96. The minimum absolute atomic E-state index is 0.0418. The third-order valence-corrected chi connectivity index (χ3v) is 2.79. The fourth-order valence-electron chi connectivity index (χ4n) is 1.63. The number of aromatic nitrogens is 2. The second-order valence-electron chi connectivity index (χ2n) is 3.89. The fraction of sp³-hybridized carbons (Fsp3) is 0.167. The predicted molar refractivity (Wildman–Crippen MR) is 65.3 cm³/mol. The first-order chi connectivity index (χ1) is 8.99. The summed E-state index contributed by atoms with van der Waals surface area (Å²) in [5.41, 5.74) is 5.77. The van der Waals surface area contributed by atoms with Crippen molar-refractivity contribution in [2.75, 3.05) is 0 Å². The van der Waals surface area contributed by atoms with E-state index < -0.39 is 23.8 Å². The molecule has 0 saturated heterocycles. The molecule has 0 aliphatic rings. The van der Waals surface area contributed by atoms with Gasteiger partial charge in [0.05, 0.1) is 11.7 Å². The Balaban J connectivity index is 2.33. The monoisotopic (exact) mass is 285 g/mol. The van der Waals surface area contributed by atoms with Gasteiger partial charge in [0, 0.05) is 11.8 Å². The molecule has 7 heteroatoms. The molecular formula is C12H10ClF2N3O. The van der Waals surface area contributed by atoms with E-state index in [1.807, 2.05) is 0 Å². The largest absolute Gasteiger partial charge is 0.386 e. The number of benzene rings is 1. The van der Waals surface area contributed by atoms with Crippen LogP contribution in [-0.4, -0.2) is 15.1 Å². The van der Waals surface area contributed by atoms with Crippen LogP contribution in [0, 0.1) is 11.6 Å². The molecule has 1 aromatic heterocycles. The SMILES string of the molecule is NC(c1ccnc(Cl)n1)C(O)c1cc(F)ccc1F. The van der Waals surface area contributed by atoms with Crippen LogP contribution in [0.4, 0.5) is 8.78 Å². The zero-order valence-electron chi connectivity index (χ0n) is 9.59. The number of hydrogen-bond donors (Lipinski definition) is 2. The van der Waals surface area contributed by atoms with E-state index in [0.29, 0.717) is 0 Å². The number of hydrogen-bond acceptors (Lipinski definition) is 4. The van der Waals surface area contributed by atoms with Gasteiger partial charge in [0.2, 0.25) is 5.28 Å². The molecule has 0 spiro atoms. The molecule has 0 bridgehead atoms. The van der Waals surface area contributed by atoms with Crippen LogP contribution in [0.1, 0.15) is 23.4 Å². The van der Waals surface area contributed by atoms with Gasteiger partial charge in [-0.05, 0) is 35.9 Å². The maximum Gasteiger partial charge on any atom is 0.222 e. The highest BCUT2D eigenvalue weighted by Crippen LogP contribution is 2.28. The number of aliphatic hydroxyl groups is 1. The van der Waals surface area contributed by atoms with E-state index in [9.17, 15) is 13.9 Å². The molecule has 0 radical (unpaired) electrons. The zero-order chi connectivity index (χ0) is 14.0. The highest BCUT2D eigenvalue weighted by atomic mass is 35.5. The first-order valence-electron chi connectivity index (χ1n) is 5.36. The van der Waals surface area contributed by atoms with Crippen molar-refractivity contribution in [3.05, 3.63) is 58.6 Å². The van der Waals surface area contributed by atoms with Crippen LogP contribution in [-0.2, 0) is 0 Å². The first kappa shape index (κ1) is 13.8. The summed E-state index contributed by atoms with van der Waals surface area (Å²) in [6, 6.07) is 3.17. The first-order valence-corrected chi connectivity index (χ1v) is 5.74. The Morgan fingerprint density at radius 3 is 2.68 bits per heavy atom. The van der Waals surface area contributed by atoms with Crippen molar-refractivity contribution in [2.45, 2.75) is 12.1 Å². The number of nitrogens with two attached hydrogens (primary N) is 1. The molecule has 1 aromatic carbocycles. The van der Waals surface area contributed by atoms with Crippen molar-refractivity contribution in [3.63, 3.8) is 0 Å². The maximum absolute atomic E-state index is 13.5. The van der Waals surface area contributed by atoms with E-state index in [-0.39, 0.29) is 16.5 Å². The van der Waals surface area contributed by atoms with Gasteiger partial charge in [-0.25, -0.2) is 18.7 Å². The molecule has 1 heterocycles. The second-order valence-corrected chi connectivity index (χ2v) is 4.23. The summed E-state index contributed by atoms with van der Waals surface area (Å²) in [6.07, 6.45) is -0.0826. The molecule has 2 unspecified atom stereocenters. The summed E-state index contributed by atoms with van der Waals surface area (Å²) in [6.45, 7) is 0. The third kappa shape index (κ3) is 3.04. The van der Waals surface area contributed by atoms with Crippen LogP contribution in [0.25, 0.3) is 0 Å². The molecule has 0 aliphatic heterocycles. The van der Waals surface area contributed by atoms with Gasteiger partial charge in [-0.2, -0.15) is 0 Å². The van der Waals surface area contributed by atoms with Crippen molar-refractivity contribution in [2.24, 2.45) is 5.73 Å². The highest BCUT2D eigenvalue weighted by Gasteiger charge is 2.23. The minimum Gasteiger partial charge on any atom is -0.386 e. The van der Waals surface area contributed by atoms with Gasteiger partial charge in [0.25, 0.3) is 0 Å². The number of halogens is 3.